The molecular formula is C27H23BrN2S. The van der Waals surface area contributed by atoms with Crippen molar-refractivity contribution in [1.82, 2.24) is 0 Å². The van der Waals surface area contributed by atoms with Crippen LogP contribution >= 0.6 is 11.3 Å². The Morgan fingerprint density at radius 3 is 2.23 bits per heavy atom. The van der Waals surface area contributed by atoms with Crippen LogP contribution in [0.25, 0.3) is 38.3 Å². The lowest BCUT2D eigenvalue weighted by atomic mass is 10.0. The number of fused-ring (bicyclic) bond motifs is 3. The molecule has 4 heteroatoms. The maximum atomic E-state index is 2.31. The lowest BCUT2D eigenvalue weighted by Gasteiger charge is -2.15. The van der Waals surface area contributed by atoms with E-state index in [4.69, 9.17) is 0 Å². The summed E-state index contributed by atoms with van der Waals surface area (Å²) in [5.41, 5.74) is 7.42. The SMILES string of the molecule is CN(C)c1ccccc1/C=C/c1cc[n+]2c(sc3ccccc32)c1-c1ccccc1.[Br-]. The first-order valence-corrected chi connectivity index (χ1v) is 10.9. The van der Waals surface area contributed by atoms with Gasteiger partial charge in [0, 0.05) is 31.9 Å². The Bertz CT molecular complexity index is 1370. The molecule has 0 bridgehead atoms. The number of rotatable bonds is 4. The van der Waals surface area contributed by atoms with Gasteiger partial charge in [0.15, 0.2) is 6.20 Å². The minimum Gasteiger partial charge on any atom is -1.00 e. The molecule has 0 spiro atoms. The van der Waals surface area contributed by atoms with Crippen LogP contribution in [-0.4, -0.2) is 14.1 Å². The van der Waals surface area contributed by atoms with Crippen LogP contribution in [0.3, 0.4) is 0 Å². The van der Waals surface area contributed by atoms with Gasteiger partial charge in [-0.1, -0.05) is 84.2 Å². The standard InChI is InChI=1S/C27H23N2S.BrH/c1-28(2)23-13-7-6-10-20(23)16-17-22-18-19-29-24-14-8-9-15-25(24)30-27(29)26(22)21-11-4-3-5-12-21;/h3-19H,1-2H3;1H/q+1;/p-1. The lowest BCUT2D eigenvalue weighted by molar-refractivity contribution is -0.477. The third-order valence-corrected chi connectivity index (χ3v) is 6.54. The molecule has 2 aromatic heterocycles. The summed E-state index contributed by atoms with van der Waals surface area (Å²) >= 11 is 1.85. The summed E-state index contributed by atoms with van der Waals surface area (Å²) in [5.74, 6) is 0. The highest BCUT2D eigenvalue weighted by molar-refractivity contribution is 7.23. The van der Waals surface area contributed by atoms with Crippen LogP contribution in [0.4, 0.5) is 5.69 Å². The maximum absolute atomic E-state index is 2.31. The Hall–Kier alpha value is -2.95. The van der Waals surface area contributed by atoms with Gasteiger partial charge in [-0.25, -0.2) is 0 Å². The Morgan fingerprint density at radius 1 is 0.742 bits per heavy atom. The monoisotopic (exact) mass is 486 g/mol. The third kappa shape index (κ3) is 4.01. The van der Waals surface area contributed by atoms with E-state index in [1.807, 2.05) is 11.3 Å². The van der Waals surface area contributed by atoms with Crippen molar-refractivity contribution in [1.29, 1.82) is 0 Å². The zero-order valence-corrected chi connectivity index (χ0v) is 19.9. The number of thiazole rings is 1. The predicted octanol–water partition coefficient (Wildman–Crippen LogP) is 3.55. The number of halogens is 1. The van der Waals surface area contributed by atoms with Crippen LogP contribution in [0.15, 0.2) is 91.1 Å². The van der Waals surface area contributed by atoms with E-state index in [1.165, 1.54) is 43.0 Å². The van der Waals surface area contributed by atoms with Crippen LogP contribution in [-0.2, 0) is 0 Å². The molecule has 5 aromatic rings. The summed E-state index contributed by atoms with van der Waals surface area (Å²) in [6.45, 7) is 0. The summed E-state index contributed by atoms with van der Waals surface area (Å²) in [4.78, 5) is 3.42. The summed E-state index contributed by atoms with van der Waals surface area (Å²) in [7, 11) is 4.17. The zero-order valence-electron chi connectivity index (χ0n) is 17.5. The first-order valence-electron chi connectivity index (χ1n) is 10.1. The second-order valence-electron chi connectivity index (χ2n) is 7.54. The number of para-hydroxylation sites is 2. The molecule has 0 aliphatic heterocycles. The average Bonchev–Trinajstić information content (AvgIpc) is 3.16. The van der Waals surface area contributed by atoms with Gasteiger partial charge in [-0.2, -0.15) is 0 Å². The van der Waals surface area contributed by atoms with Crippen molar-refractivity contribution < 1.29 is 21.4 Å². The molecule has 3 aromatic carbocycles. The molecule has 0 saturated carbocycles. The van der Waals surface area contributed by atoms with Crippen molar-refractivity contribution in [2.75, 3.05) is 19.0 Å². The smallest absolute Gasteiger partial charge is 0.276 e. The molecule has 2 heterocycles. The Labute approximate surface area is 197 Å². The minimum absolute atomic E-state index is 0. The molecule has 0 N–H and O–H groups in total. The first-order chi connectivity index (χ1) is 14.7. The molecule has 154 valence electrons. The summed E-state index contributed by atoms with van der Waals surface area (Å²) < 4.78 is 3.61. The van der Waals surface area contributed by atoms with Gasteiger partial charge in [0.1, 0.15) is 4.70 Å². The maximum Gasteiger partial charge on any atom is 0.276 e. The van der Waals surface area contributed by atoms with Gasteiger partial charge in [0.2, 0.25) is 5.52 Å². The molecule has 2 nitrogen and oxygen atoms in total. The molecule has 5 rings (SSSR count). The Morgan fingerprint density at radius 2 is 1.42 bits per heavy atom. The minimum atomic E-state index is 0. The van der Waals surface area contributed by atoms with Gasteiger partial charge in [-0.3, -0.25) is 0 Å². The predicted molar refractivity (Wildman–Crippen MR) is 130 cm³/mol. The van der Waals surface area contributed by atoms with E-state index >= 15 is 0 Å². The van der Waals surface area contributed by atoms with Crippen LogP contribution in [0, 0.1) is 0 Å². The largest absolute Gasteiger partial charge is 1.00 e. The first kappa shape index (κ1) is 21.3. The molecule has 0 aliphatic rings. The molecule has 0 unspecified atom stereocenters. The zero-order chi connectivity index (χ0) is 20.5. The fourth-order valence-corrected chi connectivity index (χ4v) is 5.16. The fraction of sp³-hybridized carbons (Fsp3) is 0.0741. The van der Waals surface area contributed by atoms with Crippen LogP contribution in [0.2, 0.25) is 0 Å². The van der Waals surface area contributed by atoms with Gasteiger partial charge in [0.25, 0.3) is 4.83 Å². The molecule has 0 atom stereocenters. The molecule has 0 radical (unpaired) electrons. The second kappa shape index (κ2) is 9.04. The Balaban J connectivity index is 0.00000231. The third-order valence-electron chi connectivity index (χ3n) is 5.38. The van der Waals surface area contributed by atoms with E-state index in [0.717, 1.165) is 0 Å². The van der Waals surface area contributed by atoms with E-state index in [1.54, 1.807) is 0 Å². The molecule has 31 heavy (non-hydrogen) atoms. The number of anilines is 1. The van der Waals surface area contributed by atoms with Gasteiger partial charge in [-0.15, -0.1) is 4.40 Å². The van der Waals surface area contributed by atoms with Gasteiger partial charge < -0.3 is 21.9 Å². The van der Waals surface area contributed by atoms with Gasteiger partial charge >= 0.3 is 0 Å². The van der Waals surface area contributed by atoms with Crippen molar-refractivity contribution in [2.45, 2.75) is 0 Å². The number of hydrogen-bond acceptors (Lipinski definition) is 2. The highest BCUT2D eigenvalue weighted by Gasteiger charge is 2.20. The quantitative estimate of drug-likeness (QED) is 0.352. The van der Waals surface area contributed by atoms with Crippen molar-refractivity contribution in [3.05, 3.63) is 102 Å². The summed E-state index contributed by atoms with van der Waals surface area (Å²) in [6.07, 6.45) is 6.66. The molecule has 0 aliphatic carbocycles. The van der Waals surface area contributed by atoms with Crippen molar-refractivity contribution in [3.63, 3.8) is 0 Å². The van der Waals surface area contributed by atoms with E-state index in [2.05, 4.69) is 127 Å². The number of aromatic nitrogens is 1. The second-order valence-corrected chi connectivity index (χ2v) is 8.57. The van der Waals surface area contributed by atoms with Crippen LogP contribution < -0.4 is 26.3 Å². The van der Waals surface area contributed by atoms with Gasteiger partial charge in [0.05, 0.1) is 5.56 Å². The Kier molecular flexibility index (Phi) is 6.21. The fourth-order valence-electron chi connectivity index (χ4n) is 3.94. The lowest BCUT2D eigenvalue weighted by Crippen LogP contribution is -3.00. The molecular weight excluding hydrogens is 464 g/mol. The topological polar surface area (TPSA) is 7.34 Å². The van der Waals surface area contributed by atoms with E-state index in [0.29, 0.717) is 0 Å². The average molecular weight is 487 g/mol. The highest BCUT2D eigenvalue weighted by atomic mass is 79.9. The van der Waals surface area contributed by atoms with E-state index in [9.17, 15) is 0 Å². The number of benzene rings is 3. The van der Waals surface area contributed by atoms with E-state index < -0.39 is 0 Å². The molecule has 0 amide bonds. The van der Waals surface area contributed by atoms with E-state index in [-0.39, 0.29) is 17.0 Å². The highest BCUT2D eigenvalue weighted by Crippen LogP contribution is 2.34. The van der Waals surface area contributed by atoms with Crippen LogP contribution in [0.1, 0.15) is 11.1 Å². The number of hydrogen-bond donors (Lipinski definition) is 0. The molecule has 0 fully saturated rings. The molecule has 0 saturated heterocycles. The van der Waals surface area contributed by atoms with Crippen LogP contribution in [0.5, 0.6) is 0 Å². The van der Waals surface area contributed by atoms with Gasteiger partial charge in [-0.05, 0) is 28.8 Å². The normalized spacial score (nSPS) is 11.2. The number of pyridine rings is 1. The van der Waals surface area contributed by atoms with Crippen molar-refractivity contribution in [3.8, 4) is 11.1 Å². The van der Waals surface area contributed by atoms with Crippen molar-refractivity contribution in [2.24, 2.45) is 0 Å². The summed E-state index contributed by atoms with van der Waals surface area (Å²) in [6, 6.07) is 30.0. The van der Waals surface area contributed by atoms with Crippen molar-refractivity contribution >= 4 is 44.2 Å². The summed E-state index contributed by atoms with van der Waals surface area (Å²) in [5, 5.41) is 0. The number of nitrogens with zero attached hydrogens (tertiary/aromatic N) is 2.